The molecule has 0 saturated heterocycles. The molecule has 0 fully saturated rings. The SMILES string of the molecule is CCCc1c(C(=O)OC)nnn1CCc1nccn1C. The van der Waals surface area contributed by atoms with E-state index >= 15 is 0 Å². The Kier molecular flexibility index (Phi) is 4.49. The molecule has 2 rings (SSSR count). The molecule has 0 spiro atoms. The van der Waals surface area contributed by atoms with Gasteiger partial charge in [0.25, 0.3) is 0 Å². The largest absolute Gasteiger partial charge is 0.464 e. The van der Waals surface area contributed by atoms with Gasteiger partial charge in [-0.3, -0.25) is 0 Å². The summed E-state index contributed by atoms with van der Waals surface area (Å²) in [6.07, 6.45) is 6.08. The van der Waals surface area contributed by atoms with Crippen LogP contribution in [0, 0.1) is 0 Å². The van der Waals surface area contributed by atoms with Crippen LogP contribution in [0.5, 0.6) is 0 Å². The lowest BCUT2D eigenvalue weighted by Gasteiger charge is -2.06. The summed E-state index contributed by atoms with van der Waals surface area (Å²) < 4.78 is 8.47. The van der Waals surface area contributed by atoms with E-state index in [1.165, 1.54) is 7.11 Å². The van der Waals surface area contributed by atoms with Gasteiger partial charge in [-0.05, 0) is 6.42 Å². The molecule has 0 N–H and O–H groups in total. The van der Waals surface area contributed by atoms with E-state index in [1.54, 1.807) is 10.9 Å². The maximum atomic E-state index is 11.7. The zero-order chi connectivity index (χ0) is 14.5. The van der Waals surface area contributed by atoms with Crippen LogP contribution in [0.25, 0.3) is 0 Å². The molecule has 0 aliphatic heterocycles. The summed E-state index contributed by atoms with van der Waals surface area (Å²) in [5.41, 5.74) is 1.14. The molecule has 2 aromatic heterocycles. The number of carbonyl (C=O) groups excluding carboxylic acids is 1. The lowest BCUT2D eigenvalue weighted by molar-refractivity contribution is 0.0592. The molecule has 0 unspecified atom stereocenters. The number of nitrogens with zero attached hydrogens (tertiary/aromatic N) is 5. The zero-order valence-electron chi connectivity index (χ0n) is 12.0. The Bertz CT molecular complexity index is 587. The Balaban J connectivity index is 2.17. The second-order valence-electron chi connectivity index (χ2n) is 4.55. The second-order valence-corrected chi connectivity index (χ2v) is 4.55. The molecule has 0 aliphatic carbocycles. The summed E-state index contributed by atoms with van der Waals surface area (Å²) in [6, 6.07) is 0. The molecule has 7 nitrogen and oxygen atoms in total. The number of methoxy groups -OCH3 is 1. The van der Waals surface area contributed by atoms with Crippen LogP contribution >= 0.6 is 0 Å². The average Bonchev–Trinajstić information content (AvgIpc) is 3.03. The first-order chi connectivity index (χ1) is 9.67. The van der Waals surface area contributed by atoms with Gasteiger partial charge in [-0.15, -0.1) is 5.10 Å². The molecular weight excluding hydrogens is 258 g/mol. The molecule has 0 bridgehead atoms. The van der Waals surface area contributed by atoms with Gasteiger partial charge in [0, 0.05) is 25.9 Å². The minimum atomic E-state index is -0.434. The summed E-state index contributed by atoms with van der Waals surface area (Å²) in [5.74, 6) is 0.541. The third-order valence-corrected chi connectivity index (χ3v) is 3.17. The lowest BCUT2D eigenvalue weighted by atomic mass is 10.2. The molecule has 0 amide bonds. The van der Waals surface area contributed by atoms with Crippen LogP contribution in [0.1, 0.15) is 35.4 Å². The highest BCUT2D eigenvalue weighted by molar-refractivity contribution is 5.88. The zero-order valence-corrected chi connectivity index (χ0v) is 12.0. The number of carbonyl (C=O) groups is 1. The van der Waals surface area contributed by atoms with Gasteiger partial charge in [-0.2, -0.15) is 0 Å². The summed E-state index contributed by atoms with van der Waals surface area (Å²) in [6.45, 7) is 2.70. The fourth-order valence-electron chi connectivity index (χ4n) is 2.10. The van der Waals surface area contributed by atoms with E-state index in [2.05, 4.69) is 22.2 Å². The minimum absolute atomic E-state index is 0.314. The number of rotatable bonds is 6. The third-order valence-electron chi connectivity index (χ3n) is 3.17. The molecule has 0 aromatic carbocycles. The summed E-state index contributed by atoms with van der Waals surface area (Å²) in [5, 5.41) is 8.00. The smallest absolute Gasteiger partial charge is 0.360 e. The van der Waals surface area contributed by atoms with Crippen molar-refractivity contribution in [1.29, 1.82) is 0 Å². The van der Waals surface area contributed by atoms with Gasteiger partial charge >= 0.3 is 5.97 Å². The molecule has 0 atom stereocenters. The monoisotopic (exact) mass is 277 g/mol. The standard InChI is InChI=1S/C13H19N5O2/c1-4-5-10-12(13(19)20-3)15-16-18(10)8-6-11-14-7-9-17(11)2/h7,9H,4-6,8H2,1-3H3. The normalized spacial score (nSPS) is 10.8. The average molecular weight is 277 g/mol. The van der Waals surface area contributed by atoms with Crippen LogP contribution in [-0.4, -0.2) is 37.6 Å². The summed E-state index contributed by atoms with van der Waals surface area (Å²) in [4.78, 5) is 15.9. The second kappa shape index (κ2) is 6.31. The van der Waals surface area contributed by atoms with Crippen molar-refractivity contribution < 1.29 is 9.53 Å². The van der Waals surface area contributed by atoms with Crippen LogP contribution in [0.3, 0.4) is 0 Å². The minimum Gasteiger partial charge on any atom is -0.464 e. The van der Waals surface area contributed by atoms with Crippen molar-refractivity contribution in [2.75, 3.05) is 7.11 Å². The Hall–Kier alpha value is -2.18. The molecule has 0 saturated carbocycles. The number of hydrogen-bond acceptors (Lipinski definition) is 5. The molecule has 20 heavy (non-hydrogen) atoms. The molecule has 108 valence electrons. The maximum Gasteiger partial charge on any atom is 0.360 e. The first-order valence-corrected chi connectivity index (χ1v) is 6.64. The molecule has 0 aliphatic rings. The van der Waals surface area contributed by atoms with Gasteiger partial charge in [-0.25, -0.2) is 14.5 Å². The predicted molar refractivity (Wildman–Crippen MR) is 72.3 cm³/mol. The highest BCUT2D eigenvalue weighted by Gasteiger charge is 2.19. The molecule has 7 heteroatoms. The molecule has 2 heterocycles. The van der Waals surface area contributed by atoms with Crippen molar-refractivity contribution >= 4 is 5.97 Å². The van der Waals surface area contributed by atoms with Gasteiger partial charge < -0.3 is 9.30 Å². The lowest BCUT2D eigenvalue weighted by Crippen LogP contribution is -2.12. The van der Waals surface area contributed by atoms with Crippen LogP contribution in [0.15, 0.2) is 12.4 Å². The van der Waals surface area contributed by atoms with E-state index in [-0.39, 0.29) is 0 Å². The van der Waals surface area contributed by atoms with Gasteiger partial charge in [0.05, 0.1) is 19.3 Å². The van der Waals surface area contributed by atoms with E-state index in [1.807, 2.05) is 17.8 Å². The van der Waals surface area contributed by atoms with Crippen LogP contribution in [-0.2, 0) is 31.2 Å². The van der Waals surface area contributed by atoms with Gasteiger partial charge in [0.15, 0.2) is 5.69 Å². The Labute approximate surface area is 117 Å². The number of aromatic nitrogens is 5. The van der Waals surface area contributed by atoms with Crippen molar-refractivity contribution in [1.82, 2.24) is 24.5 Å². The fourth-order valence-corrected chi connectivity index (χ4v) is 2.10. The van der Waals surface area contributed by atoms with Gasteiger partial charge in [0.2, 0.25) is 0 Å². The van der Waals surface area contributed by atoms with Crippen molar-refractivity contribution in [2.45, 2.75) is 32.7 Å². The highest BCUT2D eigenvalue weighted by Crippen LogP contribution is 2.11. The van der Waals surface area contributed by atoms with Crippen molar-refractivity contribution in [3.8, 4) is 0 Å². The maximum absolute atomic E-state index is 11.7. The van der Waals surface area contributed by atoms with Crippen molar-refractivity contribution in [2.24, 2.45) is 7.05 Å². The number of hydrogen-bond donors (Lipinski definition) is 0. The summed E-state index contributed by atoms with van der Waals surface area (Å²) >= 11 is 0. The quantitative estimate of drug-likeness (QED) is 0.736. The van der Waals surface area contributed by atoms with E-state index in [4.69, 9.17) is 4.74 Å². The molecule has 0 radical (unpaired) electrons. The topological polar surface area (TPSA) is 74.8 Å². The molecular formula is C13H19N5O2. The number of ether oxygens (including phenoxy) is 1. The molecule has 2 aromatic rings. The van der Waals surface area contributed by atoms with E-state index in [0.29, 0.717) is 12.2 Å². The predicted octanol–water partition coefficient (Wildman–Crippen LogP) is 0.993. The first kappa shape index (κ1) is 14.2. The van der Waals surface area contributed by atoms with Crippen LogP contribution in [0.2, 0.25) is 0 Å². The van der Waals surface area contributed by atoms with E-state index < -0.39 is 5.97 Å². The number of imidazole rings is 1. The van der Waals surface area contributed by atoms with Gasteiger partial charge in [-0.1, -0.05) is 18.6 Å². The first-order valence-electron chi connectivity index (χ1n) is 6.64. The third kappa shape index (κ3) is 2.87. The van der Waals surface area contributed by atoms with Crippen LogP contribution in [0.4, 0.5) is 0 Å². The van der Waals surface area contributed by atoms with Gasteiger partial charge in [0.1, 0.15) is 5.82 Å². The van der Waals surface area contributed by atoms with E-state index in [0.717, 1.165) is 30.8 Å². The number of esters is 1. The fraction of sp³-hybridized carbons (Fsp3) is 0.538. The number of aryl methyl sites for hydroxylation is 3. The van der Waals surface area contributed by atoms with Crippen LogP contribution < -0.4 is 0 Å². The van der Waals surface area contributed by atoms with Crippen molar-refractivity contribution in [3.63, 3.8) is 0 Å². The Morgan fingerprint density at radius 3 is 2.80 bits per heavy atom. The van der Waals surface area contributed by atoms with Crippen molar-refractivity contribution in [3.05, 3.63) is 29.6 Å². The highest BCUT2D eigenvalue weighted by atomic mass is 16.5. The Morgan fingerprint density at radius 1 is 1.40 bits per heavy atom. The Morgan fingerprint density at radius 2 is 2.20 bits per heavy atom. The summed E-state index contributed by atoms with van der Waals surface area (Å²) in [7, 11) is 3.31. The van der Waals surface area contributed by atoms with E-state index in [9.17, 15) is 4.79 Å².